The van der Waals surface area contributed by atoms with Crippen molar-refractivity contribution in [1.29, 1.82) is 0 Å². The second-order valence-corrected chi connectivity index (χ2v) is 9.44. The third kappa shape index (κ3) is 3.25. The van der Waals surface area contributed by atoms with E-state index in [0.717, 1.165) is 17.4 Å². The van der Waals surface area contributed by atoms with E-state index in [-0.39, 0.29) is 4.90 Å². The summed E-state index contributed by atoms with van der Waals surface area (Å²) in [6.45, 7) is 2.20. The van der Waals surface area contributed by atoms with Crippen LogP contribution in [0.15, 0.2) is 47.4 Å². The summed E-state index contributed by atoms with van der Waals surface area (Å²) in [6, 6.07) is 11.6. The van der Waals surface area contributed by atoms with Gasteiger partial charge in [0.05, 0.1) is 22.5 Å². The van der Waals surface area contributed by atoms with Gasteiger partial charge in [0, 0.05) is 6.54 Å². The molecule has 0 saturated heterocycles. The SMILES string of the molecule is Cc1cccc(S(=O)(=O)Nc2ccc3c(c2)N(S(C)(=O)=O)CC3)c1. The van der Waals surface area contributed by atoms with Crippen molar-refractivity contribution in [2.24, 2.45) is 0 Å². The molecule has 0 spiro atoms. The topological polar surface area (TPSA) is 83.6 Å². The molecule has 6 nitrogen and oxygen atoms in total. The summed E-state index contributed by atoms with van der Waals surface area (Å²) in [5.41, 5.74) is 2.60. The van der Waals surface area contributed by atoms with Crippen LogP contribution in [0.5, 0.6) is 0 Å². The monoisotopic (exact) mass is 366 g/mol. The first kappa shape index (κ1) is 16.8. The molecule has 24 heavy (non-hydrogen) atoms. The van der Waals surface area contributed by atoms with Gasteiger partial charge in [0.15, 0.2) is 0 Å². The van der Waals surface area contributed by atoms with E-state index in [1.165, 1.54) is 10.4 Å². The normalized spacial score (nSPS) is 14.5. The van der Waals surface area contributed by atoms with Gasteiger partial charge in [0.1, 0.15) is 0 Å². The quantitative estimate of drug-likeness (QED) is 0.898. The van der Waals surface area contributed by atoms with E-state index in [2.05, 4.69) is 4.72 Å². The maximum atomic E-state index is 12.5. The van der Waals surface area contributed by atoms with E-state index >= 15 is 0 Å². The lowest BCUT2D eigenvalue weighted by Crippen LogP contribution is -2.27. The number of benzene rings is 2. The number of sulfonamides is 2. The fourth-order valence-corrected chi connectivity index (χ4v) is 4.86. The molecule has 0 fully saturated rings. The van der Waals surface area contributed by atoms with E-state index in [4.69, 9.17) is 0 Å². The molecule has 2 aromatic rings. The number of anilines is 2. The van der Waals surface area contributed by atoms with E-state index in [9.17, 15) is 16.8 Å². The fourth-order valence-electron chi connectivity index (χ4n) is 2.75. The number of hydrogen-bond acceptors (Lipinski definition) is 4. The van der Waals surface area contributed by atoms with Crippen molar-refractivity contribution in [2.75, 3.05) is 21.8 Å². The molecule has 0 aliphatic carbocycles. The number of rotatable bonds is 4. The molecule has 0 unspecified atom stereocenters. The van der Waals surface area contributed by atoms with Gasteiger partial charge in [-0.1, -0.05) is 18.2 Å². The van der Waals surface area contributed by atoms with Crippen LogP contribution in [0, 0.1) is 6.92 Å². The zero-order chi connectivity index (χ0) is 17.5. The van der Waals surface area contributed by atoms with Crippen molar-refractivity contribution in [1.82, 2.24) is 0 Å². The van der Waals surface area contributed by atoms with Crippen molar-refractivity contribution < 1.29 is 16.8 Å². The molecule has 0 amide bonds. The Morgan fingerprint density at radius 3 is 2.46 bits per heavy atom. The third-order valence-electron chi connectivity index (χ3n) is 3.89. The molecule has 8 heteroatoms. The van der Waals surface area contributed by atoms with Gasteiger partial charge in [-0.05, 0) is 48.7 Å². The molecule has 0 aromatic heterocycles. The van der Waals surface area contributed by atoms with Crippen molar-refractivity contribution in [3.63, 3.8) is 0 Å². The highest BCUT2D eigenvalue weighted by Crippen LogP contribution is 2.33. The highest BCUT2D eigenvalue weighted by atomic mass is 32.2. The van der Waals surface area contributed by atoms with Crippen LogP contribution >= 0.6 is 0 Å². The van der Waals surface area contributed by atoms with Crippen LogP contribution in [0.2, 0.25) is 0 Å². The predicted molar refractivity (Wildman–Crippen MR) is 94.3 cm³/mol. The van der Waals surface area contributed by atoms with Crippen LogP contribution in [0.4, 0.5) is 11.4 Å². The van der Waals surface area contributed by atoms with E-state index in [1.54, 1.807) is 30.3 Å². The second-order valence-electron chi connectivity index (χ2n) is 5.85. The smallest absolute Gasteiger partial charge is 0.261 e. The highest BCUT2D eigenvalue weighted by molar-refractivity contribution is 7.92. The van der Waals surface area contributed by atoms with E-state index < -0.39 is 20.0 Å². The molecule has 2 aromatic carbocycles. The zero-order valence-electron chi connectivity index (χ0n) is 13.4. The Bertz CT molecular complexity index is 998. The highest BCUT2D eigenvalue weighted by Gasteiger charge is 2.26. The van der Waals surface area contributed by atoms with Gasteiger partial charge < -0.3 is 0 Å². The van der Waals surface area contributed by atoms with Gasteiger partial charge in [-0.3, -0.25) is 9.03 Å². The van der Waals surface area contributed by atoms with E-state index in [0.29, 0.717) is 24.3 Å². The average Bonchev–Trinajstić information content (AvgIpc) is 2.90. The first-order chi connectivity index (χ1) is 11.2. The molecule has 0 saturated carbocycles. The Morgan fingerprint density at radius 1 is 1.04 bits per heavy atom. The lowest BCUT2D eigenvalue weighted by atomic mass is 10.1. The molecule has 0 radical (unpaired) electrons. The molecule has 128 valence electrons. The first-order valence-electron chi connectivity index (χ1n) is 7.37. The van der Waals surface area contributed by atoms with Gasteiger partial charge in [0.25, 0.3) is 10.0 Å². The van der Waals surface area contributed by atoms with Crippen LogP contribution < -0.4 is 9.03 Å². The summed E-state index contributed by atoms with van der Waals surface area (Å²) in [4.78, 5) is 0.169. The van der Waals surface area contributed by atoms with Gasteiger partial charge in [-0.2, -0.15) is 0 Å². The number of nitrogens with zero attached hydrogens (tertiary/aromatic N) is 1. The standard InChI is InChI=1S/C16H18N2O4S2/c1-12-4-3-5-15(10-12)24(21,22)17-14-7-6-13-8-9-18(16(13)11-14)23(2,19)20/h3-7,10-11,17H,8-9H2,1-2H3. The van der Waals surface area contributed by atoms with Crippen LogP contribution in [-0.4, -0.2) is 29.6 Å². The maximum Gasteiger partial charge on any atom is 0.261 e. The molecule has 1 aliphatic heterocycles. The molecule has 3 rings (SSSR count). The molecule has 1 heterocycles. The van der Waals surface area contributed by atoms with Crippen LogP contribution in [0.25, 0.3) is 0 Å². The first-order valence-corrected chi connectivity index (χ1v) is 10.7. The summed E-state index contributed by atoms with van der Waals surface area (Å²) in [5, 5.41) is 0. The molecule has 1 N–H and O–H groups in total. The minimum absolute atomic E-state index is 0.169. The van der Waals surface area contributed by atoms with Crippen LogP contribution in [0.3, 0.4) is 0 Å². The molecule has 0 bridgehead atoms. The van der Waals surface area contributed by atoms with Gasteiger partial charge >= 0.3 is 0 Å². The summed E-state index contributed by atoms with van der Waals surface area (Å²) in [6.07, 6.45) is 1.76. The molecule has 1 aliphatic rings. The van der Waals surface area contributed by atoms with Crippen LogP contribution in [0.1, 0.15) is 11.1 Å². The van der Waals surface area contributed by atoms with Crippen molar-refractivity contribution in [3.8, 4) is 0 Å². The largest absolute Gasteiger partial charge is 0.280 e. The number of fused-ring (bicyclic) bond motifs is 1. The molecular weight excluding hydrogens is 348 g/mol. The minimum atomic E-state index is -3.72. The fraction of sp³-hybridized carbons (Fsp3) is 0.250. The number of aryl methyl sites for hydroxylation is 1. The lowest BCUT2D eigenvalue weighted by Gasteiger charge is -2.17. The Kier molecular flexibility index (Phi) is 4.05. The summed E-state index contributed by atoms with van der Waals surface area (Å²) >= 11 is 0. The van der Waals surface area contributed by atoms with Crippen molar-refractivity contribution in [2.45, 2.75) is 18.2 Å². The molecular formula is C16H18N2O4S2. The Labute approximate surface area is 142 Å². The Morgan fingerprint density at radius 2 is 1.79 bits per heavy atom. The second kappa shape index (κ2) is 5.78. The lowest BCUT2D eigenvalue weighted by molar-refractivity contribution is 0.597. The third-order valence-corrected chi connectivity index (χ3v) is 6.45. The van der Waals surface area contributed by atoms with Gasteiger partial charge in [-0.25, -0.2) is 16.8 Å². The maximum absolute atomic E-state index is 12.5. The number of nitrogens with one attached hydrogen (secondary N) is 1. The predicted octanol–water partition coefficient (Wildman–Crippen LogP) is 2.12. The number of hydrogen-bond donors (Lipinski definition) is 1. The van der Waals surface area contributed by atoms with Crippen LogP contribution in [-0.2, 0) is 26.5 Å². The summed E-state index contributed by atoms with van der Waals surface area (Å²) in [5.74, 6) is 0. The Hall–Kier alpha value is -2.06. The van der Waals surface area contributed by atoms with Crippen molar-refractivity contribution >= 4 is 31.4 Å². The Balaban J connectivity index is 1.95. The van der Waals surface area contributed by atoms with Gasteiger partial charge in [-0.15, -0.1) is 0 Å². The summed E-state index contributed by atoms with van der Waals surface area (Å²) < 4.78 is 52.5. The van der Waals surface area contributed by atoms with E-state index in [1.807, 2.05) is 13.0 Å². The van der Waals surface area contributed by atoms with Crippen molar-refractivity contribution in [3.05, 3.63) is 53.6 Å². The zero-order valence-corrected chi connectivity index (χ0v) is 15.0. The average molecular weight is 366 g/mol. The minimum Gasteiger partial charge on any atom is -0.280 e. The molecule has 0 atom stereocenters. The summed E-state index contributed by atoms with van der Waals surface area (Å²) in [7, 11) is -7.10. The van der Waals surface area contributed by atoms with Gasteiger partial charge in [0.2, 0.25) is 10.0 Å².